The molecule has 0 saturated carbocycles. The fraction of sp³-hybridized carbons (Fsp3) is 0.0870. The highest BCUT2D eigenvalue weighted by molar-refractivity contribution is 6.31. The second-order valence-electron chi connectivity index (χ2n) is 6.75. The second-order valence-corrected chi connectivity index (χ2v) is 7.46. The number of benzene rings is 2. The van der Waals surface area contributed by atoms with Crippen LogP contribution in [-0.2, 0) is 11.8 Å². The molecular formula is C23H17Cl2FN4O. The Morgan fingerprint density at radius 2 is 1.65 bits per heavy atom. The van der Waals surface area contributed by atoms with Gasteiger partial charge in [-0.1, -0.05) is 11.6 Å². The van der Waals surface area contributed by atoms with E-state index in [4.69, 9.17) is 23.2 Å². The Balaban J connectivity index is 2.01. The molecule has 5 nitrogen and oxygen atoms in total. The average molecular weight is 455 g/mol. The maximum atomic E-state index is 13.5. The second kappa shape index (κ2) is 8.88. The number of alkyl halides is 1. The van der Waals surface area contributed by atoms with Crippen LogP contribution in [0.1, 0.15) is 0 Å². The number of rotatable bonds is 5. The number of carbonyl (C=O) groups is 1. The largest absolute Gasteiger partial charge is 0.273 e. The summed E-state index contributed by atoms with van der Waals surface area (Å²) in [5.74, 6) is -0.368. The topological polar surface area (TPSA) is 51.0 Å². The summed E-state index contributed by atoms with van der Waals surface area (Å²) >= 11 is 12.0. The predicted octanol–water partition coefficient (Wildman–Crippen LogP) is 5.85. The first kappa shape index (κ1) is 21.0. The summed E-state index contributed by atoms with van der Waals surface area (Å²) in [4.78, 5) is 18.6. The van der Waals surface area contributed by atoms with Gasteiger partial charge in [0.2, 0.25) is 5.91 Å². The number of nitrogens with zero attached hydrogens (tertiary/aromatic N) is 4. The number of anilines is 2. The average Bonchev–Trinajstić information content (AvgIpc) is 3.13. The van der Waals surface area contributed by atoms with Gasteiger partial charge in [-0.25, -0.2) is 4.39 Å². The monoisotopic (exact) mass is 454 g/mol. The van der Waals surface area contributed by atoms with Crippen LogP contribution in [0.4, 0.5) is 15.9 Å². The van der Waals surface area contributed by atoms with Crippen molar-refractivity contribution in [1.82, 2.24) is 14.8 Å². The number of pyridine rings is 1. The van der Waals surface area contributed by atoms with Gasteiger partial charge in [-0.3, -0.25) is 19.4 Å². The molecule has 0 bridgehead atoms. The third-order valence-corrected chi connectivity index (χ3v) is 5.24. The first-order valence-electron chi connectivity index (χ1n) is 9.37. The molecular weight excluding hydrogens is 438 g/mol. The van der Waals surface area contributed by atoms with Crippen LogP contribution in [-0.4, -0.2) is 26.6 Å². The summed E-state index contributed by atoms with van der Waals surface area (Å²) in [5, 5.41) is 5.23. The third kappa shape index (κ3) is 4.17. The van der Waals surface area contributed by atoms with E-state index in [0.29, 0.717) is 33.3 Å². The number of aromatic nitrogens is 3. The molecule has 4 rings (SSSR count). The summed E-state index contributed by atoms with van der Waals surface area (Å²) in [6, 6.07) is 16.6. The fourth-order valence-corrected chi connectivity index (χ4v) is 3.65. The van der Waals surface area contributed by atoms with Crippen LogP contribution in [0.2, 0.25) is 5.02 Å². The molecule has 4 aromatic rings. The van der Waals surface area contributed by atoms with E-state index in [9.17, 15) is 9.18 Å². The van der Waals surface area contributed by atoms with Crippen LogP contribution in [0, 0.1) is 5.82 Å². The molecule has 1 amide bonds. The van der Waals surface area contributed by atoms with Gasteiger partial charge in [0.05, 0.1) is 11.3 Å². The Morgan fingerprint density at radius 3 is 2.26 bits per heavy atom. The quantitative estimate of drug-likeness (QED) is 0.355. The Bertz CT molecular complexity index is 1210. The Morgan fingerprint density at radius 1 is 1.00 bits per heavy atom. The first-order chi connectivity index (χ1) is 15.0. The van der Waals surface area contributed by atoms with E-state index < -0.39 is 0 Å². The molecule has 0 spiro atoms. The number of carbonyl (C=O) groups excluding carboxylic acids is 1. The van der Waals surface area contributed by atoms with Gasteiger partial charge in [0.25, 0.3) is 0 Å². The van der Waals surface area contributed by atoms with E-state index in [1.165, 1.54) is 17.0 Å². The van der Waals surface area contributed by atoms with Crippen molar-refractivity contribution in [3.8, 4) is 22.4 Å². The van der Waals surface area contributed by atoms with Gasteiger partial charge in [0, 0.05) is 30.0 Å². The summed E-state index contributed by atoms with van der Waals surface area (Å²) in [6.45, 7) is 0. The molecule has 2 heterocycles. The van der Waals surface area contributed by atoms with Gasteiger partial charge in [-0.05, 0) is 66.2 Å². The summed E-state index contributed by atoms with van der Waals surface area (Å²) in [7, 11) is 1.75. The van der Waals surface area contributed by atoms with Crippen molar-refractivity contribution in [2.45, 2.75) is 0 Å². The van der Waals surface area contributed by atoms with Crippen molar-refractivity contribution in [2.24, 2.45) is 7.05 Å². The van der Waals surface area contributed by atoms with Crippen molar-refractivity contribution in [2.75, 3.05) is 10.8 Å². The number of aryl methyl sites for hydroxylation is 1. The smallest absolute Gasteiger partial charge is 0.247 e. The van der Waals surface area contributed by atoms with E-state index in [1.54, 1.807) is 60.5 Å². The highest BCUT2D eigenvalue weighted by Crippen LogP contribution is 2.42. The van der Waals surface area contributed by atoms with E-state index in [0.717, 1.165) is 5.56 Å². The maximum Gasteiger partial charge on any atom is 0.247 e. The zero-order valence-electron chi connectivity index (χ0n) is 16.5. The van der Waals surface area contributed by atoms with Gasteiger partial charge in [0.1, 0.15) is 23.2 Å². The fourth-order valence-electron chi connectivity index (χ4n) is 3.40. The lowest BCUT2D eigenvalue weighted by molar-refractivity contribution is -0.115. The molecule has 2 aromatic heterocycles. The third-order valence-electron chi connectivity index (χ3n) is 4.76. The molecule has 0 radical (unpaired) electrons. The molecule has 0 aliphatic rings. The molecule has 2 aromatic carbocycles. The number of halogens is 3. The SMILES string of the molecule is Cn1nc(-c2ccc(F)cc2)c(-c2ccncc2)c1N(C(=O)CCl)c1ccc(Cl)cc1. The van der Waals surface area contributed by atoms with E-state index in [2.05, 4.69) is 10.1 Å². The van der Waals surface area contributed by atoms with Gasteiger partial charge < -0.3 is 0 Å². The zero-order chi connectivity index (χ0) is 22.0. The normalized spacial score (nSPS) is 10.8. The lowest BCUT2D eigenvalue weighted by Crippen LogP contribution is -2.29. The lowest BCUT2D eigenvalue weighted by atomic mass is 10.0. The molecule has 0 aliphatic heterocycles. The van der Waals surface area contributed by atoms with Crippen molar-refractivity contribution in [1.29, 1.82) is 0 Å². The van der Waals surface area contributed by atoms with Crippen LogP contribution in [0.15, 0.2) is 73.1 Å². The van der Waals surface area contributed by atoms with E-state index >= 15 is 0 Å². The lowest BCUT2D eigenvalue weighted by Gasteiger charge is -2.24. The van der Waals surface area contributed by atoms with Crippen LogP contribution in [0.5, 0.6) is 0 Å². The molecule has 0 aliphatic carbocycles. The van der Waals surface area contributed by atoms with E-state index in [-0.39, 0.29) is 17.6 Å². The van der Waals surface area contributed by atoms with Gasteiger partial charge >= 0.3 is 0 Å². The summed E-state index contributed by atoms with van der Waals surface area (Å²) in [5.41, 5.74) is 3.41. The Labute approximate surface area is 188 Å². The highest BCUT2D eigenvalue weighted by Gasteiger charge is 2.28. The number of hydrogen-bond donors (Lipinski definition) is 0. The summed E-state index contributed by atoms with van der Waals surface area (Å²) in [6.07, 6.45) is 3.33. The maximum absolute atomic E-state index is 13.5. The molecule has 0 unspecified atom stereocenters. The van der Waals surface area contributed by atoms with Crippen LogP contribution < -0.4 is 4.90 Å². The molecule has 0 saturated heterocycles. The molecule has 0 fully saturated rings. The van der Waals surface area contributed by atoms with E-state index in [1.807, 2.05) is 12.1 Å². The minimum Gasteiger partial charge on any atom is -0.273 e. The molecule has 0 atom stereocenters. The molecule has 8 heteroatoms. The number of amides is 1. The Hall–Kier alpha value is -3.22. The van der Waals surface area contributed by atoms with Gasteiger partial charge in [0.15, 0.2) is 0 Å². The van der Waals surface area contributed by atoms with Crippen LogP contribution in [0.25, 0.3) is 22.4 Å². The predicted molar refractivity (Wildman–Crippen MR) is 121 cm³/mol. The van der Waals surface area contributed by atoms with Crippen molar-refractivity contribution >= 4 is 40.6 Å². The van der Waals surface area contributed by atoms with Crippen molar-refractivity contribution in [3.05, 3.63) is 83.9 Å². The van der Waals surface area contributed by atoms with Crippen LogP contribution in [0.3, 0.4) is 0 Å². The molecule has 156 valence electrons. The minimum absolute atomic E-state index is 0.227. The highest BCUT2D eigenvalue weighted by atomic mass is 35.5. The Kier molecular flexibility index (Phi) is 6.02. The molecule has 31 heavy (non-hydrogen) atoms. The molecule has 0 N–H and O–H groups in total. The van der Waals surface area contributed by atoms with Crippen molar-refractivity contribution in [3.63, 3.8) is 0 Å². The van der Waals surface area contributed by atoms with Crippen LogP contribution >= 0.6 is 23.2 Å². The zero-order valence-corrected chi connectivity index (χ0v) is 18.0. The number of hydrogen-bond acceptors (Lipinski definition) is 3. The van der Waals surface area contributed by atoms with Crippen molar-refractivity contribution < 1.29 is 9.18 Å². The minimum atomic E-state index is -0.342. The standard InChI is InChI=1S/C23H17Cl2FN4O/c1-29-23(30(20(31)14-24)19-8-4-17(25)5-9-19)21(15-10-12-27-13-11-15)22(28-29)16-2-6-18(26)7-3-16/h2-13H,14H2,1H3. The summed E-state index contributed by atoms with van der Waals surface area (Å²) < 4.78 is 15.2. The first-order valence-corrected chi connectivity index (χ1v) is 10.3. The van der Waals surface area contributed by atoms with Gasteiger partial charge in [-0.15, -0.1) is 11.6 Å². The van der Waals surface area contributed by atoms with Gasteiger partial charge in [-0.2, -0.15) is 5.10 Å².